The molecule has 1 aliphatic heterocycles. The van der Waals surface area contributed by atoms with Gasteiger partial charge in [-0.15, -0.1) is 5.10 Å². The van der Waals surface area contributed by atoms with Crippen LogP contribution in [-0.2, 0) is 6.54 Å². The molecular weight excluding hydrogens is 361 g/mol. The van der Waals surface area contributed by atoms with Gasteiger partial charge in [-0.2, -0.15) is 5.10 Å². The summed E-state index contributed by atoms with van der Waals surface area (Å²) in [6, 6.07) is 7.87. The standard InChI is InChI=1S/C19H22FN7O/c1-13-9-18(23-27(13)16-6-4-14(20)5-7-16)19(28)25-8-2-3-17(12-25)26-11-15(10-21)22-24-26/h4-7,9,11,17H,2-3,8,10,12,21H2,1H3. The van der Waals surface area contributed by atoms with Gasteiger partial charge >= 0.3 is 0 Å². The molecule has 1 saturated heterocycles. The van der Waals surface area contributed by atoms with E-state index in [1.165, 1.54) is 12.1 Å². The van der Waals surface area contributed by atoms with Crippen LogP contribution in [0.3, 0.4) is 0 Å². The Morgan fingerprint density at radius 2 is 2.11 bits per heavy atom. The molecule has 1 aromatic carbocycles. The molecule has 2 aromatic heterocycles. The predicted octanol–water partition coefficient (Wildman–Crippen LogP) is 1.85. The van der Waals surface area contributed by atoms with E-state index >= 15 is 0 Å². The summed E-state index contributed by atoms with van der Waals surface area (Å²) in [5, 5.41) is 12.6. The number of nitrogens with zero attached hydrogens (tertiary/aromatic N) is 6. The normalized spacial score (nSPS) is 17.1. The number of rotatable bonds is 4. The Hall–Kier alpha value is -3.07. The van der Waals surface area contributed by atoms with Crippen LogP contribution in [0, 0.1) is 12.7 Å². The van der Waals surface area contributed by atoms with E-state index in [4.69, 9.17) is 5.73 Å². The molecule has 1 unspecified atom stereocenters. The van der Waals surface area contributed by atoms with Crippen LogP contribution < -0.4 is 5.73 Å². The van der Waals surface area contributed by atoms with Crippen LogP contribution in [0.2, 0.25) is 0 Å². The SMILES string of the molecule is Cc1cc(C(=O)N2CCCC(n3cc(CN)nn3)C2)nn1-c1ccc(F)cc1. The smallest absolute Gasteiger partial charge is 0.274 e. The van der Waals surface area contributed by atoms with Crippen LogP contribution in [0.25, 0.3) is 5.69 Å². The molecule has 9 heteroatoms. The van der Waals surface area contributed by atoms with E-state index < -0.39 is 0 Å². The summed E-state index contributed by atoms with van der Waals surface area (Å²) < 4.78 is 16.6. The van der Waals surface area contributed by atoms with Gasteiger partial charge in [0.1, 0.15) is 5.82 Å². The van der Waals surface area contributed by atoms with Crippen LogP contribution >= 0.6 is 0 Å². The van der Waals surface area contributed by atoms with Gasteiger partial charge in [0.15, 0.2) is 5.69 Å². The maximum absolute atomic E-state index is 13.2. The summed E-state index contributed by atoms with van der Waals surface area (Å²) in [5.41, 5.74) is 8.24. The maximum atomic E-state index is 13.2. The number of benzene rings is 1. The quantitative estimate of drug-likeness (QED) is 0.742. The van der Waals surface area contributed by atoms with Gasteiger partial charge in [0, 0.05) is 25.3 Å². The number of aromatic nitrogens is 5. The summed E-state index contributed by atoms with van der Waals surface area (Å²) in [5.74, 6) is -0.428. The largest absolute Gasteiger partial charge is 0.335 e. The Morgan fingerprint density at radius 1 is 1.32 bits per heavy atom. The van der Waals surface area contributed by atoms with E-state index in [2.05, 4.69) is 15.4 Å². The molecule has 3 aromatic rings. The molecular formula is C19H22FN7O. The Balaban J connectivity index is 1.52. The zero-order chi connectivity index (χ0) is 19.7. The molecule has 0 aliphatic carbocycles. The van der Waals surface area contributed by atoms with Crippen LogP contribution in [0.5, 0.6) is 0 Å². The monoisotopic (exact) mass is 383 g/mol. The number of hydrogen-bond acceptors (Lipinski definition) is 5. The van der Waals surface area contributed by atoms with Crippen molar-refractivity contribution in [1.29, 1.82) is 0 Å². The van der Waals surface area contributed by atoms with Gasteiger partial charge in [0.05, 0.1) is 23.6 Å². The number of piperidine rings is 1. The van der Waals surface area contributed by atoms with Gasteiger partial charge in [0.2, 0.25) is 0 Å². The minimum absolute atomic E-state index is 0.0748. The number of aryl methyl sites for hydroxylation is 1. The highest BCUT2D eigenvalue weighted by Gasteiger charge is 2.28. The van der Waals surface area contributed by atoms with Gasteiger partial charge in [0.25, 0.3) is 5.91 Å². The number of likely N-dealkylation sites (tertiary alicyclic amines) is 1. The molecule has 3 heterocycles. The lowest BCUT2D eigenvalue weighted by Gasteiger charge is -2.32. The molecule has 28 heavy (non-hydrogen) atoms. The Bertz CT molecular complexity index is 979. The number of nitrogens with two attached hydrogens (primary N) is 1. The van der Waals surface area contributed by atoms with Crippen molar-refractivity contribution in [3.8, 4) is 5.69 Å². The van der Waals surface area contributed by atoms with Crippen molar-refractivity contribution in [3.05, 3.63) is 59.4 Å². The van der Waals surface area contributed by atoms with Crippen molar-refractivity contribution in [2.45, 2.75) is 32.4 Å². The van der Waals surface area contributed by atoms with Gasteiger partial charge in [-0.25, -0.2) is 13.8 Å². The lowest BCUT2D eigenvalue weighted by atomic mass is 10.1. The molecule has 4 rings (SSSR count). The van der Waals surface area contributed by atoms with Crippen molar-refractivity contribution in [2.75, 3.05) is 13.1 Å². The average Bonchev–Trinajstić information content (AvgIpc) is 3.35. The highest BCUT2D eigenvalue weighted by molar-refractivity contribution is 5.92. The van der Waals surface area contributed by atoms with Crippen molar-refractivity contribution in [1.82, 2.24) is 29.7 Å². The Labute approximate surface area is 161 Å². The second-order valence-corrected chi connectivity index (χ2v) is 7.00. The first-order valence-electron chi connectivity index (χ1n) is 9.28. The minimum Gasteiger partial charge on any atom is -0.335 e. The zero-order valence-corrected chi connectivity index (χ0v) is 15.6. The third kappa shape index (κ3) is 3.53. The summed E-state index contributed by atoms with van der Waals surface area (Å²) in [7, 11) is 0. The molecule has 0 saturated carbocycles. The second kappa shape index (κ2) is 7.51. The lowest BCUT2D eigenvalue weighted by Crippen LogP contribution is -2.41. The van der Waals surface area contributed by atoms with Gasteiger partial charge in [-0.3, -0.25) is 4.79 Å². The van der Waals surface area contributed by atoms with Crippen molar-refractivity contribution >= 4 is 5.91 Å². The van der Waals surface area contributed by atoms with Gasteiger partial charge in [-0.05, 0) is 50.1 Å². The molecule has 1 aliphatic rings. The molecule has 8 nitrogen and oxygen atoms in total. The molecule has 146 valence electrons. The third-order valence-electron chi connectivity index (χ3n) is 5.00. The van der Waals surface area contributed by atoms with Gasteiger partial charge in [-0.1, -0.05) is 5.21 Å². The number of amides is 1. The average molecular weight is 383 g/mol. The minimum atomic E-state index is -0.310. The van der Waals surface area contributed by atoms with Crippen LogP contribution in [0.15, 0.2) is 36.5 Å². The lowest BCUT2D eigenvalue weighted by molar-refractivity contribution is 0.0665. The van der Waals surface area contributed by atoms with E-state index in [9.17, 15) is 9.18 Å². The molecule has 1 fully saturated rings. The first-order valence-corrected chi connectivity index (χ1v) is 9.28. The summed E-state index contributed by atoms with van der Waals surface area (Å²) in [4.78, 5) is 14.8. The van der Waals surface area contributed by atoms with E-state index in [1.54, 1.807) is 32.5 Å². The molecule has 0 bridgehead atoms. The number of hydrogen-bond donors (Lipinski definition) is 1. The second-order valence-electron chi connectivity index (χ2n) is 7.00. The molecule has 0 radical (unpaired) electrons. The summed E-state index contributed by atoms with van der Waals surface area (Å²) >= 11 is 0. The van der Waals surface area contributed by atoms with Crippen molar-refractivity contribution in [2.24, 2.45) is 5.73 Å². The van der Waals surface area contributed by atoms with E-state index in [0.717, 1.165) is 24.2 Å². The van der Waals surface area contributed by atoms with Crippen LogP contribution in [-0.4, -0.2) is 48.7 Å². The topological polar surface area (TPSA) is 94.9 Å². The summed E-state index contributed by atoms with van der Waals surface area (Å²) in [6.45, 7) is 3.44. The van der Waals surface area contributed by atoms with E-state index in [0.29, 0.717) is 31.0 Å². The highest BCUT2D eigenvalue weighted by Crippen LogP contribution is 2.23. The molecule has 0 spiro atoms. The number of carbonyl (C=O) groups is 1. The number of carbonyl (C=O) groups excluding carboxylic acids is 1. The molecule has 1 atom stereocenters. The first-order chi connectivity index (χ1) is 13.5. The maximum Gasteiger partial charge on any atom is 0.274 e. The van der Waals surface area contributed by atoms with E-state index in [-0.39, 0.29) is 17.8 Å². The molecule has 1 amide bonds. The third-order valence-corrected chi connectivity index (χ3v) is 5.00. The fourth-order valence-electron chi connectivity index (χ4n) is 3.53. The Morgan fingerprint density at radius 3 is 2.82 bits per heavy atom. The fourth-order valence-corrected chi connectivity index (χ4v) is 3.53. The van der Waals surface area contributed by atoms with Gasteiger partial charge < -0.3 is 10.6 Å². The fraction of sp³-hybridized carbons (Fsp3) is 0.368. The summed E-state index contributed by atoms with van der Waals surface area (Å²) in [6.07, 6.45) is 3.65. The predicted molar refractivity (Wildman–Crippen MR) is 100 cm³/mol. The van der Waals surface area contributed by atoms with Crippen molar-refractivity contribution < 1.29 is 9.18 Å². The number of halogens is 1. The van der Waals surface area contributed by atoms with Crippen LogP contribution in [0.4, 0.5) is 4.39 Å². The van der Waals surface area contributed by atoms with E-state index in [1.807, 2.05) is 13.1 Å². The Kier molecular flexibility index (Phi) is 4.91. The van der Waals surface area contributed by atoms with Crippen molar-refractivity contribution in [3.63, 3.8) is 0 Å². The van der Waals surface area contributed by atoms with Crippen LogP contribution in [0.1, 0.15) is 40.8 Å². The zero-order valence-electron chi connectivity index (χ0n) is 15.6. The first kappa shape index (κ1) is 18.3. The molecule has 2 N–H and O–H groups in total. The highest BCUT2D eigenvalue weighted by atomic mass is 19.1.